The Kier molecular flexibility index (Phi) is 5.68. The Bertz CT molecular complexity index is 977. The van der Waals surface area contributed by atoms with Gasteiger partial charge in [-0.05, 0) is 49.6 Å². The highest BCUT2D eigenvalue weighted by Gasteiger charge is 2.32. The molecule has 4 N–H and O–H groups in total. The topological polar surface area (TPSA) is 89.9 Å². The van der Waals surface area contributed by atoms with Crippen LogP contribution in [-0.2, 0) is 4.79 Å². The maximum atomic E-state index is 11.7. The van der Waals surface area contributed by atoms with Crippen LogP contribution >= 0.6 is 11.9 Å². The van der Waals surface area contributed by atoms with Gasteiger partial charge in [-0.25, -0.2) is 9.89 Å². The SMILES string of the molecule is CCCC(=O)Nc1ccc(SN2C=C(Nc3cc(C)[nH]n3)[NH+]3C=CN=C3C2)cc1. The number of aromatic amines is 1. The number of carbonyl (C=O) groups excluding carboxylic acids is 1. The van der Waals surface area contributed by atoms with E-state index < -0.39 is 0 Å². The number of nitrogens with one attached hydrogen (secondary N) is 4. The molecule has 4 rings (SSSR count). The second-order valence-corrected chi connectivity index (χ2v) is 8.02. The molecular weight excluding hydrogens is 386 g/mol. The molecule has 8 nitrogen and oxygen atoms in total. The monoisotopic (exact) mass is 410 g/mol. The smallest absolute Gasteiger partial charge is 0.233 e. The average Bonchev–Trinajstić information content (AvgIpc) is 3.32. The standard InChI is InChI=1S/C20H23N7OS/c1-3-4-20(28)22-15-5-7-16(8-6-15)29-26-12-18-21-9-10-27(18)19(13-26)23-17-11-14(2)24-25-17/h5-11,13H,3-4,12H2,1-2H3,(H,22,28)(H2,23,24,25)/p+1. The fourth-order valence-electron chi connectivity index (χ4n) is 3.11. The molecule has 2 aromatic rings. The van der Waals surface area contributed by atoms with Gasteiger partial charge in [-0.1, -0.05) is 6.92 Å². The molecule has 150 valence electrons. The molecule has 29 heavy (non-hydrogen) atoms. The normalized spacial score (nSPS) is 17.6. The van der Waals surface area contributed by atoms with E-state index in [0.717, 1.165) is 45.1 Å². The molecule has 0 aliphatic carbocycles. The van der Waals surface area contributed by atoms with E-state index in [2.05, 4.69) is 36.3 Å². The first-order valence-corrected chi connectivity index (χ1v) is 10.3. The zero-order valence-corrected chi connectivity index (χ0v) is 17.2. The number of anilines is 2. The van der Waals surface area contributed by atoms with Crippen molar-refractivity contribution in [3.8, 4) is 0 Å². The number of amidine groups is 1. The Hall–Kier alpha value is -3.04. The zero-order valence-electron chi connectivity index (χ0n) is 16.4. The van der Waals surface area contributed by atoms with Crippen LogP contribution in [0.5, 0.6) is 0 Å². The molecule has 1 atom stereocenters. The van der Waals surface area contributed by atoms with Crippen LogP contribution in [0.3, 0.4) is 0 Å². The van der Waals surface area contributed by atoms with Crippen LogP contribution in [0.25, 0.3) is 0 Å². The Balaban J connectivity index is 1.45. The molecule has 0 bridgehead atoms. The van der Waals surface area contributed by atoms with Gasteiger partial charge in [0.2, 0.25) is 17.6 Å². The summed E-state index contributed by atoms with van der Waals surface area (Å²) in [4.78, 5) is 18.4. The Morgan fingerprint density at radius 1 is 1.34 bits per heavy atom. The summed E-state index contributed by atoms with van der Waals surface area (Å²) >= 11 is 1.62. The van der Waals surface area contributed by atoms with Crippen LogP contribution < -0.4 is 15.5 Å². The Labute approximate surface area is 173 Å². The Morgan fingerprint density at radius 3 is 2.90 bits per heavy atom. The van der Waals surface area contributed by atoms with E-state index in [1.54, 1.807) is 11.9 Å². The number of H-pyrrole nitrogens is 1. The first-order chi connectivity index (χ1) is 14.1. The number of aromatic nitrogens is 2. The number of hydrogen-bond donors (Lipinski definition) is 4. The minimum absolute atomic E-state index is 0.0472. The molecule has 1 aromatic carbocycles. The van der Waals surface area contributed by atoms with Gasteiger partial charge in [0.05, 0.1) is 12.4 Å². The number of quaternary nitrogens is 1. The van der Waals surface area contributed by atoms with Crippen molar-refractivity contribution in [3.05, 3.63) is 60.4 Å². The second kappa shape index (κ2) is 8.54. The largest absolute Gasteiger partial charge is 0.326 e. The Morgan fingerprint density at radius 2 is 2.17 bits per heavy atom. The summed E-state index contributed by atoms with van der Waals surface area (Å²) in [5.74, 6) is 2.82. The predicted molar refractivity (Wildman–Crippen MR) is 115 cm³/mol. The van der Waals surface area contributed by atoms with E-state index in [-0.39, 0.29) is 5.91 Å². The van der Waals surface area contributed by atoms with E-state index >= 15 is 0 Å². The number of nitrogens with zero attached hydrogens (tertiary/aromatic N) is 3. The second-order valence-electron chi connectivity index (χ2n) is 6.90. The number of hydrogen-bond acceptors (Lipinski definition) is 6. The molecule has 3 heterocycles. The van der Waals surface area contributed by atoms with Crippen molar-refractivity contribution in [2.75, 3.05) is 17.2 Å². The van der Waals surface area contributed by atoms with Gasteiger partial charge in [0.25, 0.3) is 0 Å². The van der Waals surface area contributed by atoms with Gasteiger partial charge in [0.15, 0.2) is 5.82 Å². The average molecular weight is 411 g/mol. The van der Waals surface area contributed by atoms with Gasteiger partial charge < -0.3 is 5.32 Å². The van der Waals surface area contributed by atoms with E-state index in [1.807, 2.05) is 56.6 Å². The van der Waals surface area contributed by atoms with Crippen molar-refractivity contribution in [1.82, 2.24) is 14.5 Å². The van der Waals surface area contributed by atoms with Crippen molar-refractivity contribution in [3.63, 3.8) is 0 Å². The lowest BCUT2D eigenvalue weighted by Crippen LogP contribution is -3.10. The summed E-state index contributed by atoms with van der Waals surface area (Å²) in [6.45, 7) is 4.68. The van der Waals surface area contributed by atoms with Gasteiger partial charge in [-0.15, -0.1) is 0 Å². The van der Waals surface area contributed by atoms with Gasteiger partial charge in [-0.2, -0.15) is 5.10 Å². The molecule has 2 aliphatic heterocycles. The number of carbonyl (C=O) groups is 1. The first kappa shape index (κ1) is 19.3. The number of fused-ring (bicyclic) bond motifs is 1. The minimum Gasteiger partial charge on any atom is -0.326 e. The summed E-state index contributed by atoms with van der Waals surface area (Å²) in [6, 6.07) is 9.85. The van der Waals surface area contributed by atoms with E-state index in [0.29, 0.717) is 13.0 Å². The fraction of sp³-hybridized carbons (Fsp3) is 0.250. The minimum atomic E-state index is 0.0472. The van der Waals surface area contributed by atoms with Crippen molar-refractivity contribution >= 4 is 35.2 Å². The van der Waals surface area contributed by atoms with Crippen LogP contribution in [0.2, 0.25) is 0 Å². The third-order valence-electron chi connectivity index (χ3n) is 4.46. The van der Waals surface area contributed by atoms with E-state index in [9.17, 15) is 4.79 Å². The molecular formula is C20H24N7OS+. The maximum absolute atomic E-state index is 11.7. The summed E-state index contributed by atoms with van der Waals surface area (Å²) in [6.07, 6.45) is 7.30. The number of aryl methyl sites for hydroxylation is 1. The molecule has 9 heteroatoms. The quantitative estimate of drug-likeness (QED) is 0.527. The molecule has 0 saturated heterocycles. The lowest BCUT2D eigenvalue weighted by Gasteiger charge is -2.27. The molecule has 2 aliphatic rings. The number of rotatable bonds is 7. The van der Waals surface area contributed by atoms with Gasteiger partial charge in [-0.3, -0.25) is 19.5 Å². The molecule has 1 amide bonds. The number of benzene rings is 1. The summed E-state index contributed by atoms with van der Waals surface area (Å²) in [5.41, 5.74) is 1.82. The first-order valence-electron chi connectivity index (χ1n) is 9.57. The lowest BCUT2D eigenvalue weighted by atomic mass is 10.3. The molecule has 0 fully saturated rings. The zero-order chi connectivity index (χ0) is 20.2. The number of aliphatic imine (C=N–C) groups is 1. The van der Waals surface area contributed by atoms with Crippen molar-refractivity contribution in [2.45, 2.75) is 31.6 Å². The highest BCUT2D eigenvalue weighted by atomic mass is 32.2. The van der Waals surface area contributed by atoms with E-state index in [1.165, 1.54) is 0 Å². The third kappa shape index (κ3) is 4.69. The van der Waals surface area contributed by atoms with Crippen molar-refractivity contribution < 1.29 is 9.69 Å². The van der Waals surface area contributed by atoms with Crippen LogP contribution in [0.1, 0.15) is 25.5 Å². The summed E-state index contributed by atoms with van der Waals surface area (Å²) in [5, 5.41) is 13.5. The number of amides is 1. The summed E-state index contributed by atoms with van der Waals surface area (Å²) < 4.78 is 2.14. The lowest BCUT2D eigenvalue weighted by molar-refractivity contribution is -0.699. The molecule has 1 unspecified atom stereocenters. The van der Waals surface area contributed by atoms with Gasteiger partial charge in [0.1, 0.15) is 12.7 Å². The van der Waals surface area contributed by atoms with Crippen LogP contribution in [0.15, 0.2) is 64.6 Å². The predicted octanol–water partition coefficient (Wildman–Crippen LogP) is 2.46. The van der Waals surface area contributed by atoms with Crippen LogP contribution in [0, 0.1) is 6.92 Å². The third-order valence-corrected chi connectivity index (χ3v) is 5.41. The van der Waals surface area contributed by atoms with Crippen LogP contribution in [-0.4, -0.2) is 32.8 Å². The summed E-state index contributed by atoms with van der Waals surface area (Å²) in [7, 11) is 0. The highest BCUT2D eigenvalue weighted by Crippen LogP contribution is 2.26. The van der Waals surface area contributed by atoms with E-state index in [4.69, 9.17) is 0 Å². The van der Waals surface area contributed by atoms with Crippen LogP contribution in [0.4, 0.5) is 11.5 Å². The molecule has 0 saturated carbocycles. The van der Waals surface area contributed by atoms with Gasteiger partial charge in [0, 0.05) is 28.8 Å². The van der Waals surface area contributed by atoms with Gasteiger partial charge >= 0.3 is 0 Å². The molecule has 0 radical (unpaired) electrons. The van der Waals surface area contributed by atoms with Crippen molar-refractivity contribution in [1.29, 1.82) is 0 Å². The molecule has 1 aromatic heterocycles. The molecule has 0 spiro atoms. The van der Waals surface area contributed by atoms with Crippen molar-refractivity contribution in [2.24, 2.45) is 4.99 Å². The highest BCUT2D eigenvalue weighted by molar-refractivity contribution is 7.97. The fourth-order valence-corrected chi connectivity index (χ4v) is 3.98. The maximum Gasteiger partial charge on any atom is 0.233 e.